The Morgan fingerprint density at radius 2 is 0.835 bits per heavy atom. The second-order valence-corrected chi connectivity index (χ2v) is 21.8. The van der Waals surface area contributed by atoms with E-state index in [1.54, 1.807) is 0 Å². The Hall–Kier alpha value is -11.7. The number of benzene rings is 10. The number of carboxylic acid groups (broad SMARTS) is 1. The summed E-state index contributed by atoms with van der Waals surface area (Å²) in [5.41, 5.74) is 12.1. The first-order valence-electron chi connectivity index (χ1n) is 29.4. The minimum Gasteiger partial charge on any atom is -0.503 e. The third-order valence-electron chi connectivity index (χ3n) is 16.2. The number of ether oxygens (including phenoxy) is 2. The number of rotatable bonds is 8. The van der Waals surface area contributed by atoms with Gasteiger partial charge in [-0.05, 0) is 95.0 Å². The number of pyridine rings is 4. The predicted octanol–water partition coefficient (Wildman–Crippen LogP) is 18.9. The summed E-state index contributed by atoms with van der Waals surface area (Å²) in [5.74, 6) is 3.60. The van der Waals surface area contributed by atoms with Crippen LogP contribution in [0.5, 0.6) is 23.0 Å². The zero-order chi connectivity index (χ0) is 60.2. The van der Waals surface area contributed by atoms with Crippen LogP contribution in [0.1, 0.15) is 6.92 Å². The molecule has 0 saturated heterocycles. The van der Waals surface area contributed by atoms with Gasteiger partial charge in [-0.1, -0.05) is 168 Å². The van der Waals surface area contributed by atoms with Crippen LogP contribution in [0.2, 0.25) is 0 Å². The quantitative estimate of drug-likeness (QED) is 0.118. The number of carbonyl (C=O) groups is 1. The molecule has 0 saturated carbocycles. The van der Waals surface area contributed by atoms with Crippen molar-refractivity contribution in [3.05, 3.63) is 292 Å². The van der Waals surface area contributed by atoms with E-state index >= 15 is 0 Å². The molecule has 0 fully saturated rings. The minimum atomic E-state index is -0.833. The average molecular weight is 1360 g/mol. The molecule has 0 radical (unpaired) electrons. The van der Waals surface area contributed by atoms with Crippen molar-refractivity contribution >= 4 is 104 Å². The summed E-state index contributed by atoms with van der Waals surface area (Å²) in [5, 5.41) is 18.5. The van der Waals surface area contributed by atoms with Gasteiger partial charge in [-0.3, -0.25) is 18.7 Å². The molecule has 0 atom stereocenters. The van der Waals surface area contributed by atoms with E-state index in [0.717, 1.165) is 140 Å². The zero-order valence-electron chi connectivity index (χ0n) is 48.6. The SMILES string of the molecule is CC(=O)O.[Pt+2].[c-]1c(Oc2[c-]c3c(cc2)c2ccccc2n3-c2ccccn2)ccc2c1c1nc(-c3ccccc3)cn1c1ccccc21.c1ccc(-c2cn3c4ccccc4c4ccc(Oc5ccc6c7ccccc7n(-c7ccccn7)c6c5)cc4c3n2)cc1. The van der Waals surface area contributed by atoms with Crippen molar-refractivity contribution < 1.29 is 40.4 Å². The molecule has 8 heterocycles. The monoisotopic (exact) mass is 1360 g/mol. The van der Waals surface area contributed by atoms with Gasteiger partial charge >= 0.3 is 21.1 Å². The van der Waals surface area contributed by atoms with Crippen molar-refractivity contribution in [2.24, 2.45) is 0 Å². The van der Waals surface area contributed by atoms with Gasteiger partial charge in [-0.25, -0.2) is 15.0 Å². The van der Waals surface area contributed by atoms with Crippen molar-refractivity contribution in [2.45, 2.75) is 6.92 Å². The third-order valence-corrected chi connectivity index (χ3v) is 16.2. The second kappa shape index (κ2) is 23.4. The summed E-state index contributed by atoms with van der Waals surface area (Å²) >= 11 is 0. The molecule has 0 amide bonds. The number of imidazole rings is 2. The van der Waals surface area contributed by atoms with E-state index in [-0.39, 0.29) is 21.1 Å². The molecular formula is C78H50N8O4Pt. The van der Waals surface area contributed by atoms with Crippen molar-refractivity contribution in [3.63, 3.8) is 0 Å². The molecule has 91 heavy (non-hydrogen) atoms. The molecule has 0 aliphatic heterocycles. The number of nitrogens with zero attached hydrogens (tertiary/aromatic N) is 8. The van der Waals surface area contributed by atoms with Crippen LogP contribution < -0.4 is 9.47 Å². The summed E-state index contributed by atoms with van der Waals surface area (Å²) in [6, 6.07) is 94.0. The first-order valence-corrected chi connectivity index (χ1v) is 29.4. The van der Waals surface area contributed by atoms with Gasteiger partial charge in [0.25, 0.3) is 5.97 Å². The van der Waals surface area contributed by atoms with Gasteiger partial charge in [0.05, 0.1) is 33.6 Å². The molecule has 18 aromatic rings. The molecule has 13 heteroatoms. The van der Waals surface area contributed by atoms with Gasteiger partial charge in [0.1, 0.15) is 28.8 Å². The van der Waals surface area contributed by atoms with Crippen LogP contribution in [0, 0.1) is 12.1 Å². The van der Waals surface area contributed by atoms with E-state index in [0.29, 0.717) is 11.5 Å². The maximum atomic E-state index is 9.00. The molecule has 0 aliphatic carbocycles. The Morgan fingerprint density at radius 3 is 1.44 bits per heavy atom. The molecule has 0 unspecified atom stereocenters. The van der Waals surface area contributed by atoms with Crippen LogP contribution in [0.3, 0.4) is 0 Å². The predicted molar refractivity (Wildman–Crippen MR) is 360 cm³/mol. The second-order valence-electron chi connectivity index (χ2n) is 21.8. The van der Waals surface area contributed by atoms with Crippen LogP contribution in [-0.2, 0) is 25.9 Å². The van der Waals surface area contributed by atoms with Gasteiger partial charge in [-0.15, -0.1) is 29.7 Å². The van der Waals surface area contributed by atoms with Crippen LogP contribution >= 0.6 is 0 Å². The Labute approximate surface area is 535 Å². The summed E-state index contributed by atoms with van der Waals surface area (Å²) in [6.45, 7) is 1.08. The number of hydrogen-bond acceptors (Lipinski definition) is 7. The molecule has 10 aromatic carbocycles. The van der Waals surface area contributed by atoms with E-state index in [2.05, 4.69) is 204 Å². The summed E-state index contributed by atoms with van der Waals surface area (Å²) in [7, 11) is 0. The molecule has 0 spiro atoms. The largest absolute Gasteiger partial charge is 2.00 e. The van der Waals surface area contributed by atoms with E-state index in [9.17, 15) is 0 Å². The number of fused-ring (bicyclic) bond motifs is 18. The molecule has 8 aromatic heterocycles. The Kier molecular flexibility index (Phi) is 14.4. The normalized spacial score (nSPS) is 11.4. The average Bonchev–Trinajstić information content (AvgIpc) is 1.77. The molecule has 12 nitrogen and oxygen atoms in total. The molecular weight excluding hydrogens is 1310 g/mol. The Morgan fingerprint density at radius 1 is 0.396 bits per heavy atom. The topological polar surface area (TPSA) is 126 Å². The molecule has 1 N–H and O–H groups in total. The smallest absolute Gasteiger partial charge is 0.503 e. The van der Waals surface area contributed by atoms with Crippen molar-refractivity contribution in [2.75, 3.05) is 0 Å². The van der Waals surface area contributed by atoms with Gasteiger partial charge in [0.2, 0.25) is 0 Å². The third kappa shape index (κ3) is 10.1. The molecule has 436 valence electrons. The van der Waals surface area contributed by atoms with Gasteiger partial charge in [-0.2, -0.15) is 6.07 Å². The number of para-hydroxylation sites is 4. The van der Waals surface area contributed by atoms with Crippen molar-refractivity contribution in [1.29, 1.82) is 0 Å². The van der Waals surface area contributed by atoms with E-state index in [1.807, 2.05) is 116 Å². The van der Waals surface area contributed by atoms with Crippen molar-refractivity contribution in [1.82, 2.24) is 37.9 Å². The maximum Gasteiger partial charge on any atom is 2.00 e. The van der Waals surface area contributed by atoms with Crippen LogP contribution in [0.15, 0.2) is 280 Å². The molecule has 0 bridgehead atoms. The molecule has 18 rings (SSSR count). The minimum absolute atomic E-state index is 0. The summed E-state index contributed by atoms with van der Waals surface area (Å²) in [6.07, 6.45) is 7.87. The maximum absolute atomic E-state index is 9.00. The number of aromatic nitrogens is 8. The Balaban J connectivity index is 0.000000142. The first-order chi connectivity index (χ1) is 44.4. The van der Waals surface area contributed by atoms with Gasteiger partial charge in [0.15, 0.2) is 0 Å². The van der Waals surface area contributed by atoms with Crippen LogP contribution in [-0.4, -0.2) is 48.9 Å². The van der Waals surface area contributed by atoms with Crippen molar-refractivity contribution in [3.8, 4) is 57.1 Å². The summed E-state index contributed by atoms with van der Waals surface area (Å²) in [4.78, 5) is 28.5. The first kappa shape index (κ1) is 55.8. The van der Waals surface area contributed by atoms with Gasteiger partial charge < -0.3 is 23.5 Å². The van der Waals surface area contributed by atoms with Crippen LogP contribution in [0.4, 0.5) is 0 Å². The standard InChI is InChI=1S/C38H24N4O.C38H22N4O.C2H4O2.Pt/c2*1-2-10-25(11-3-1)33-24-41-34-14-6-4-12-29(34)28-19-17-26(22-32(28)38(41)40-33)43-27-18-20-31-30-13-5-7-15-35(30)42(36(31)23-27)37-16-8-9-21-39-37;1-2(3)4;/h1-24H;1-21,24H;1H3,(H,3,4);/q;-2;;+2. The number of carboxylic acids is 1. The number of aliphatic carboxylic acids is 1. The zero-order valence-corrected chi connectivity index (χ0v) is 50.9. The van der Waals surface area contributed by atoms with Crippen LogP contribution in [0.25, 0.3) is 132 Å². The fourth-order valence-electron chi connectivity index (χ4n) is 12.4. The van der Waals surface area contributed by atoms with E-state index in [4.69, 9.17) is 29.3 Å². The molecule has 0 aliphatic rings. The van der Waals surface area contributed by atoms with Gasteiger partial charge in [0, 0.05) is 93.0 Å². The fraction of sp³-hybridized carbons (Fsp3) is 0.0128. The Bertz CT molecular complexity index is 5430. The van der Waals surface area contributed by atoms with E-state index in [1.165, 1.54) is 10.8 Å². The van der Waals surface area contributed by atoms with E-state index < -0.39 is 5.97 Å². The fourth-order valence-corrected chi connectivity index (χ4v) is 12.4. The summed E-state index contributed by atoms with van der Waals surface area (Å²) < 4.78 is 21.7. The number of hydrogen-bond donors (Lipinski definition) is 1.